The Balaban J connectivity index is 1.82. The Morgan fingerprint density at radius 2 is 2.09 bits per heavy atom. The number of nitriles is 1. The molecule has 2 atom stereocenters. The monoisotopic (exact) mass is 455 g/mol. The molecular weight excluding hydrogens is 430 g/mol. The zero-order valence-electron chi connectivity index (χ0n) is 18.5. The van der Waals surface area contributed by atoms with E-state index in [2.05, 4.69) is 26.0 Å². The van der Waals surface area contributed by atoms with Crippen LogP contribution in [0.3, 0.4) is 0 Å². The molecule has 1 saturated heterocycles. The van der Waals surface area contributed by atoms with Crippen molar-refractivity contribution in [1.29, 1.82) is 5.26 Å². The van der Waals surface area contributed by atoms with E-state index in [1.807, 2.05) is 13.8 Å². The summed E-state index contributed by atoms with van der Waals surface area (Å²) < 4.78 is 7.64. The Labute approximate surface area is 191 Å². The molecule has 0 bridgehead atoms. The van der Waals surface area contributed by atoms with Gasteiger partial charge in [-0.05, 0) is 26.8 Å². The smallest absolute Gasteiger partial charge is 0.164 e. The number of ether oxygens (including phenoxy) is 1. The predicted octanol–water partition coefficient (Wildman–Crippen LogP) is 2.64. The van der Waals surface area contributed by atoms with Crippen LogP contribution in [-0.2, 0) is 0 Å². The largest absolute Gasteiger partial charge is 0.496 e. The molecule has 32 heavy (non-hydrogen) atoms. The van der Waals surface area contributed by atoms with E-state index in [-0.39, 0.29) is 12.0 Å². The lowest BCUT2D eigenvalue weighted by Gasteiger charge is -2.41. The summed E-state index contributed by atoms with van der Waals surface area (Å²) in [6, 6.07) is 3.74. The fraction of sp³-hybridized carbons (Fsp3) is 0.455. The summed E-state index contributed by atoms with van der Waals surface area (Å²) in [5, 5.41) is 25.3. The molecular formula is C22H26ClN7O2. The number of methoxy groups -OCH3 is 1. The molecule has 0 spiro atoms. The van der Waals surface area contributed by atoms with E-state index >= 15 is 0 Å². The van der Waals surface area contributed by atoms with Gasteiger partial charge in [0.1, 0.15) is 24.0 Å². The standard InChI is InChI=1S/C22H26ClN7O2/c1-11(31)7-29-8-14(9-29)19-16(6-24)17(23)5-15(20(19)32-4)13(3)30-22-18(12(2)28-30)21(25)26-10-27-22/h5,10-11,13-14,31H,7-9H2,1-4H3,(H2,25,26,27)/t11-,13+/m0/s1. The van der Waals surface area contributed by atoms with Gasteiger partial charge in [-0.2, -0.15) is 10.4 Å². The molecule has 2 aromatic heterocycles. The van der Waals surface area contributed by atoms with Gasteiger partial charge in [-0.3, -0.25) is 4.90 Å². The first-order valence-electron chi connectivity index (χ1n) is 10.4. The molecule has 0 saturated carbocycles. The lowest BCUT2D eigenvalue weighted by Crippen LogP contribution is -2.48. The third-order valence-corrected chi connectivity index (χ3v) is 6.31. The van der Waals surface area contributed by atoms with Crippen LogP contribution < -0.4 is 10.5 Å². The highest BCUT2D eigenvalue weighted by Gasteiger charge is 2.35. The molecule has 1 fully saturated rings. The van der Waals surface area contributed by atoms with E-state index in [9.17, 15) is 10.4 Å². The average molecular weight is 456 g/mol. The van der Waals surface area contributed by atoms with Gasteiger partial charge in [0.05, 0.1) is 40.9 Å². The number of aromatic nitrogens is 4. The fourth-order valence-corrected chi connectivity index (χ4v) is 4.82. The number of aryl methyl sites for hydroxylation is 1. The first-order valence-corrected chi connectivity index (χ1v) is 10.8. The molecule has 1 aliphatic rings. The van der Waals surface area contributed by atoms with Crippen molar-refractivity contribution < 1.29 is 9.84 Å². The Morgan fingerprint density at radius 3 is 2.72 bits per heavy atom. The summed E-state index contributed by atoms with van der Waals surface area (Å²) in [5.41, 5.74) is 9.44. The van der Waals surface area contributed by atoms with Gasteiger partial charge < -0.3 is 15.6 Å². The van der Waals surface area contributed by atoms with Crippen LogP contribution in [0, 0.1) is 18.3 Å². The van der Waals surface area contributed by atoms with Gasteiger partial charge in [-0.25, -0.2) is 14.6 Å². The summed E-state index contributed by atoms with van der Waals surface area (Å²) in [5.74, 6) is 1.09. The Morgan fingerprint density at radius 1 is 1.38 bits per heavy atom. The molecule has 3 aromatic rings. The first kappa shape index (κ1) is 22.3. The minimum atomic E-state index is -0.408. The molecule has 1 aliphatic heterocycles. The van der Waals surface area contributed by atoms with Crippen molar-refractivity contribution in [1.82, 2.24) is 24.6 Å². The van der Waals surface area contributed by atoms with E-state index in [0.29, 0.717) is 39.7 Å². The van der Waals surface area contributed by atoms with Crippen LogP contribution in [-0.4, -0.2) is 62.6 Å². The molecule has 4 rings (SSSR count). The number of fused-ring (bicyclic) bond motifs is 1. The fourth-order valence-electron chi connectivity index (χ4n) is 4.56. The molecule has 168 valence electrons. The summed E-state index contributed by atoms with van der Waals surface area (Å²) in [7, 11) is 1.60. The van der Waals surface area contributed by atoms with Gasteiger partial charge >= 0.3 is 0 Å². The van der Waals surface area contributed by atoms with Crippen LogP contribution in [0.15, 0.2) is 12.4 Å². The van der Waals surface area contributed by atoms with Crippen LogP contribution in [0.1, 0.15) is 48.2 Å². The number of aliphatic hydroxyl groups is 1. The maximum atomic E-state index is 9.83. The van der Waals surface area contributed by atoms with E-state index in [4.69, 9.17) is 22.1 Å². The maximum Gasteiger partial charge on any atom is 0.164 e. The highest BCUT2D eigenvalue weighted by atomic mass is 35.5. The van der Waals surface area contributed by atoms with E-state index in [1.54, 1.807) is 24.8 Å². The Bertz CT molecular complexity index is 1210. The number of nitrogen functional groups attached to an aromatic ring is 1. The molecule has 0 amide bonds. The van der Waals surface area contributed by atoms with Gasteiger partial charge in [-0.15, -0.1) is 0 Å². The third-order valence-electron chi connectivity index (χ3n) is 6.01. The van der Waals surface area contributed by atoms with Crippen molar-refractivity contribution in [2.75, 3.05) is 32.5 Å². The number of nitrogens with zero attached hydrogens (tertiary/aromatic N) is 6. The molecule has 3 heterocycles. The minimum absolute atomic E-state index is 0.0806. The van der Waals surface area contributed by atoms with Crippen molar-refractivity contribution in [3.8, 4) is 11.8 Å². The first-order chi connectivity index (χ1) is 15.3. The molecule has 1 aromatic carbocycles. The Hall–Kier alpha value is -2.93. The number of nitrogens with two attached hydrogens (primary N) is 1. The van der Waals surface area contributed by atoms with E-state index < -0.39 is 6.10 Å². The lowest BCUT2D eigenvalue weighted by atomic mass is 9.85. The predicted molar refractivity (Wildman–Crippen MR) is 122 cm³/mol. The summed E-state index contributed by atoms with van der Waals surface area (Å²) in [6.45, 7) is 7.64. The number of hydrogen-bond donors (Lipinski definition) is 2. The quantitative estimate of drug-likeness (QED) is 0.580. The van der Waals surface area contributed by atoms with Crippen LogP contribution >= 0.6 is 11.6 Å². The highest BCUT2D eigenvalue weighted by molar-refractivity contribution is 6.32. The van der Waals surface area contributed by atoms with Gasteiger partial charge in [0, 0.05) is 36.7 Å². The maximum absolute atomic E-state index is 9.83. The van der Waals surface area contributed by atoms with Gasteiger partial charge in [0.2, 0.25) is 0 Å². The van der Waals surface area contributed by atoms with E-state index in [0.717, 1.165) is 29.9 Å². The topological polar surface area (TPSA) is 126 Å². The van der Waals surface area contributed by atoms with Crippen LogP contribution in [0.4, 0.5) is 5.82 Å². The molecule has 0 aliphatic carbocycles. The van der Waals surface area contributed by atoms with Crippen molar-refractivity contribution in [3.63, 3.8) is 0 Å². The zero-order valence-corrected chi connectivity index (χ0v) is 19.3. The van der Waals surface area contributed by atoms with Gasteiger partial charge in [-0.1, -0.05) is 11.6 Å². The molecule has 0 unspecified atom stereocenters. The van der Waals surface area contributed by atoms with Gasteiger partial charge in [0.15, 0.2) is 5.65 Å². The number of aliphatic hydroxyl groups excluding tert-OH is 1. The Kier molecular flexibility index (Phi) is 5.95. The van der Waals surface area contributed by atoms with Crippen molar-refractivity contribution >= 4 is 28.5 Å². The average Bonchev–Trinajstić information content (AvgIpc) is 3.06. The molecule has 0 radical (unpaired) electrons. The van der Waals surface area contributed by atoms with Crippen molar-refractivity contribution in [3.05, 3.63) is 39.8 Å². The van der Waals surface area contributed by atoms with Crippen molar-refractivity contribution in [2.45, 2.75) is 38.8 Å². The minimum Gasteiger partial charge on any atom is -0.496 e. The second-order valence-corrected chi connectivity index (χ2v) is 8.72. The third kappa shape index (κ3) is 3.64. The second-order valence-electron chi connectivity index (χ2n) is 8.31. The number of benzene rings is 1. The number of anilines is 1. The zero-order chi connectivity index (χ0) is 23.2. The summed E-state index contributed by atoms with van der Waals surface area (Å²) >= 11 is 6.58. The molecule has 3 N–H and O–H groups in total. The summed E-state index contributed by atoms with van der Waals surface area (Å²) in [6.07, 6.45) is 1.01. The lowest BCUT2D eigenvalue weighted by molar-refractivity contribution is 0.0733. The molecule has 10 heteroatoms. The van der Waals surface area contributed by atoms with E-state index in [1.165, 1.54) is 6.33 Å². The van der Waals surface area contributed by atoms with Crippen LogP contribution in [0.5, 0.6) is 5.75 Å². The second kappa shape index (κ2) is 8.54. The molecule has 9 nitrogen and oxygen atoms in total. The van der Waals surface area contributed by atoms with Gasteiger partial charge in [0.25, 0.3) is 0 Å². The highest BCUT2D eigenvalue weighted by Crippen LogP contribution is 2.44. The number of hydrogen-bond acceptors (Lipinski definition) is 8. The van der Waals surface area contributed by atoms with Crippen LogP contribution in [0.2, 0.25) is 5.02 Å². The normalized spacial score (nSPS) is 16.5. The van der Waals surface area contributed by atoms with Crippen molar-refractivity contribution in [2.24, 2.45) is 0 Å². The SMILES string of the molecule is COc1c([C@@H](C)n2nc(C)c3c(N)ncnc32)cc(Cl)c(C#N)c1C1CN(C[C@H](C)O)C1. The number of rotatable bonds is 6. The van der Waals surface area contributed by atoms with Crippen LogP contribution in [0.25, 0.3) is 11.0 Å². The number of halogens is 1. The number of β-amino-alcohol motifs (C(OH)–C–C–N with tert-alkyl or cyclic N) is 1. The number of likely N-dealkylation sites (tertiary alicyclic amines) is 1. The summed E-state index contributed by atoms with van der Waals surface area (Å²) in [4.78, 5) is 10.6.